The van der Waals surface area contributed by atoms with Crippen LogP contribution in [0.1, 0.15) is 65.7 Å². The summed E-state index contributed by atoms with van der Waals surface area (Å²) < 4.78 is 5.45. The second kappa shape index (κ2) is 6.33. The summed E-state index contributed by atoms with van der Waals surface area (Å²) in [7, 11) is 0. The molecule has 0 bridgehead atoms. The summed E-state index contributed by atoms with van der Waals surface area (Å²) in [4.78, 5) is 12.1. The van der Waals surface area contributed by atoms with E-state index in [0.717, 1.165) is 38.3 Å². The Labute approximate surface area is 123 Å². The SMILES string of the molecule is CC(C)(C)OC(=O)NC1(CC2CCNCC2)CCCC1. The maximum atomic E-state index is 12.1. The van der Waals surface area contributed by atoms with Crippen LogP contribution in [-0.4, -0.2) is 30.3 Å². The van der Waals surface area contributed by atoms with E-state index in [1.165, 1.54) is 25.7 Å². The molecule has 0 radical (unpaired) electrons. The molecule has 0 aromatic rings. The zero-order valence-corrected chi connectivity index (χ0v) is 13.3. The van der Waals surface area contributed by atoms with Crippen LogP contribution in [0.15, 0.2) is 0 Å². The number of piperidine rings is 1. The minimum Gasteiger partial charge on any atom is -0.444 e. The topological polar surface area (TPSA) is 50.4 Å². The normalized spacial score (nSPS) is 23.6. The molecule has 1 aliphatic heterocycles. The molecule has 0 atom stereocenters. The molecule has 1 saturated heterocycles. The molecule has 1 heterocycles. The van der Waals surface area contributed by atoms with Crippen LogP contribution in [0.3, 0.4) is 0 Å². The van der Waals surface area contributed by atoms with Crippen molar-refractivity contribution >= 4 is 6.09 Å². The van der Waals surface area contributed by atoms with E-state index in [9.17, 15) is 4.79 Å². The molecule has 2 aliphatic rings. The molecule has 1 amide bonds. The average Bonchev–Trinajstić information content (AvgIpc) is 2.75. The van der Waals surface area contributed by atoms with Crippen molar-refractivity contribution in [3.8, 4) is 0 Å². The number of rotatable bonds is 3. The van der Waals surface area contributed by atoms with Crippen molar-refractivity contribution < 1.29 is 9.53 Å². The van der Waals surface area contributed by atoms with Gasteiger partial charge in [0, 0.05) is 5.54 Å². The second-order valence-electron chi connectivity index (χ2n) is 7.51. The number of hydrogen-bond acceptors (Lipinski definition) is 3. The number of alkyl carbamates (subject to hydrolysis) is 1. The van der Waals surface area contributed by atoms with Gasteiger partial charge in [0.2, 0.25) is 0 Å². The molecule has 0 aromatic carbocycles. The van der Waals surface area contributed by atoms with Gasteiger partial charge in [0.05, 0.1) is 0 Å². The summed E-state index contributed by atoms with van der Waals surface area (Å²) >= 11 is 0. The Bertz CT molecular complexity index is 324. The van der Waals surface area contributed by atoms with E-state index in [-0.39, 0.29) is 11.6 Å². The van der Waals surface area contributed by atoms with Gasteiger partial charge in [0.25, 0.3) is 0 Å². The van der Waals surface area contributed by atoms with Crippen LogP contribution < -0.4 is 10.6 Å². The number of ether oxygens (including phenoxy) is 1. The molecular weight excluding hydrogens is 252 g/mol. The fourth-order valence-corrected chi connectivity index (χ4v) is 3.59. The van der Waals surface area contributed by atoms with Crippen LogP contribution >= 0.6 is 0 Å². The first-order valence-electron chi connectivity index (χ1n) is 8.10. The molecule has 2 N–H and O–H groups in total. The largest absolute Gasteiger partial charge is 0.444 e. The number of amides is 1. The van der Waals surface area contributed by atoms with E-state index in [2.05, 4.69) is 10.6 Å². The number of hydrogen-bond donors (Lipinski definition) is 2. The third-order valence-electron chi connectivity index (χ3n) is 4.46. The van der Waals surface area contributed by atoms with E-state index in [4.69, 9.17) is 4.74 Å². The summed E-state index contributed by atoms with van der Waals surface area (Å²) in [5.41, 5.74) is -0.428. The lowest BCUT2D eigenvalue weighted by molar-refractivity contribution is 0.0435. The fourth-order valence-electron chi connectivity index (χ4n) is 3.59. The molecule has 0 unspecified atom stereocenters. The molecule has 2 rings (SSSR count). The minimum atomic E-state index is -0.418. The Balaban J connectivity index is 1.92. The number of carbonyl (C=O) groups is 1. The van der Waals surface area contributed by atoms with E-state index < -0.39 is 5.60 Å². The smallest absolute Gasteiger partial charge is 0.408 e. The predicted octanol–water partition coefficient (Wildman–Crippen LogP) is 3.21. The molecule has 1 aliphatic carbocycles. The standard InChI is InChI=1S/C16H30N2O2/c1-15(2,3)20-14(19)18-16(8-4-5-9-16)12-13-6-10-17-11-7-13/h13,17H,4-12H2,1-3H3,(H,18,19). The van der Waals surface area contributed by atoms with Gasteiger partial charge in [0.15, 0.2) is 0 Å². The summed E-state index contributed by atoms with van der Waals surface area (Å²) in [5, 5.41) is 6.63. The first kappa shape index (κ1) is 15.6. The van der Waals surface area contributed by atoms with Crippen LogP contribution in [0.2, 0.25) is 0 Å². The molecule has 4 heteroatoms. The Morgan fingerprint density at radius 3 is 2.40 bits per heavy atom. The lowest BCUT2D eigenvalue weighted by Gasteiger charge is -2.36. The lowest BCUT2D eigenvalue weighted by Crippen LogP contribution is -2.50. The maximum Gasteiger partial charge on any atom is 0.408 e. The molecule has 0 spiro atoms. The Kier molecular flexibility index (Phi) is 4.95. The average molecular weight is 282 g/mol. The highest BCUT2D eigenvalue weighted by Gasteiger charge is 2.38. The van der Waals surface area contributed by atoms with E-state index >= 15 is 0 Å². The molecular formula is C16H30N2O2. The summed E-state index contributed by atoms with van der Waals surface area (Å²) in [6.07, 6.45) is 8.01. The van der Waals surface area contributed by atoms with Crippen molar-refractivity contribution in [3.05, 3.63) is 0 Å². The highest BCUT2D eigenvalue weighted by Crippen LogP contribution is 2.37. The monoisotopic (exact) mass is 282 g/mol. The maximum absolute atomic E-state index is 12.1. The van der Waals surface area contributed by atoms with Gasteiger partial charge >= 0.3 is 6.09 Å². The van der Waals surface area contributed by atoms with Crippen LogP contribution in [0.25, 0.3) is 0 Å². The van der Waals surface area contributed by atoms with Gasteiger partial charge in [-0.05, 0) is 71.9 Å². The highest BCUT2D eigenvalue weighted by atomic mass is 16.6. The predicted molar refractivity (Wildman–Crippen MR) is 80.8 cm³/mol. The van der Waals surface area contributed by atoms with Gasteiger partial charge in [-0.1, -0.05) is 12.8 Å². The van der Waals surface area contributed by atoms with Gasteiger partial charge in [-0.15, -0.1) is 0 Å². The van der Waals surface area contributed by atoms with Gasteiger partial charge < -0.3 is 15.4 Å². The van der Waals surface area contributed by atoms with Crippen molar-refractivity contribution in [1.82, 2.24) is 10.6 Å². The summed E-state index contributed by atoms with van der Waals surface area (Å²) in [6.45, 7) is 7.99. The highest BCUT2D eigenvalue weighted by molar-refractivity contribution is 5.68. The van der Waals surface area contributed by atoms with Crippen molar-refractivity contribution in [1.29, 1.82) is 0 Å². The third kappa shape index (κ3) is 4.65. The third-order valence-corrected chi connectivity index (χ3v) is 4.46. The van der Waals surface area contributed by atoms with Crippen molar-refractivity contribution in [2.24, 2.45) is 5.92 Å². The summed E-state index contributed by atoms with van der Waals surface area (Å²) in [6, 6.07) is 0. The van der Waals surface area contributed by atoms with E-state index in [1.807, 2.05) is 20.8 Å². The fraction of sp³-hybridized carbons (Fsp3) is 0.938. The first-order valence-corrected chi connectivity index (χ1v) is 8.10. The first-order chi connectivity index (χ1) is 9.39. The zero-order chi connectivity index (χ0) is 14.6. The van der Waals surface area contributed by atoms with Crippen LogP contribution in [0, 0.1) is 5.92 Å². The van der Waals surface area contributed by atoms with Gasteiger partial charge in [0.1, 0.15) is 5.60 Å². The van der Waals surface area contributed by atoms with Gasteiger partial charge in [-0.2, -0.15) is 0 Å². The van der Waals surface area contributed by atoms with E-state index in [1.54, 1.807) is 0 Å². The van der Waals surface area contributed by atoms with Crippen molar-refractivity contribution in [2.75, 3.05) is 13.1 Å². The Morgan fingerprint density at radius 1 is 1.25 bits per heavy atom. The van der Waals surface area contributed by atoms with Crippen LogP contribution in [0.5, 0.6) is 0 Å². The Morgan fingerprint density at radius 2 is 1.85 bits per heavy atom. The number of carbonyl (C=O) groups excluding carboxylic acids is 1. The molecule has 2 fully saturated rings. The lowest BCUT2D eigenvalue weighted by atomic mass is 9.81. The van der Waals surface area contributed by atoms with Crippen LogP contribution in [-0.2, 0) is 4.74 Å². The van der Waals surface area contributed by atoms with Crippen molar-refractivity contribution in [3.63, 3.8) is 0 Å². The van der Waals surface area contributed by atoms with Gasteiger partial charge in [-0.3, -0.25) is 0 Å². The molecule has 1 saturated carbocycles. The zero-order valence-electron chi connectivity index (χ0n) is 13.3. The Hall–Kier alpha value is -0.770. The molecule has 20 heavy (non-hydrogen) atoms. The quantitative estimate of drug-likeness (QED) is 0.835. The molecule has 4 nitrogen and oxygen atoms in total. The second-order valence-corrected chi connectivity index (χ2v) is 7.51. The molecule has 0 aromatic heterocycles. The number of nitrogens with one attached hydrogen (secondary N) is 2. The minimum absolute atomic E-state index is 0.00958. The van der Waals surface area contributed by atoms with Gasteiger partial charge in [-0.25, -0.2) is 4.79 Å². The summed E-state index contributed by atoms with van der Waals surface area (Å²) in [5.74, 6) is 0.740. The van der Waals surface area contributed by atoms with E-state index in [0.29, 0.717) is 0 Å². The van der Waals surface area contributed by atoms with Crippen LogP contribution in [0.4, 0.5) is 4.79 Å². The van der Waals surface area contributed by atoms with Crippen molar-refractivity contribution in [2.45, 2.75) is 76.9 Å². The molecule has 116 valence electrons.